The van der Waals surface area contributed by atoms with Crippen LogP contribution in [0.15, 0.2) is 48.5 Å². The largest absolute Gasteiger partial charge is 0.497 e. The number of benzene rings is 2. The summed E-state index contributed by atoms with van der Waals surface area (Å²) in [7, 11) is 3.30. The molecule has 1 atom stereocenters. The van der Waals surface area contributed by atoms with Gasteiger partial charge in [0, 0.05) is 19.2 Å². The first-order valence-electron chi connectivity index (χ1n) is 7.95. The van der Waals surface area contributed by atoms with E-state index in [0.29, 0.717) is 6.54 Å². The Morgan fingerprint density at radius 1 is 1.12 bits per heavy atom. The molecule has 2 N–H and O–H groups in total. The van der Waals surface area contributed by atoms with Crippen molar-refractivity contribution in [2.24, 2.45) is 0 Å². The number of urea groups is 1. The Morgan fingerprint density at radius 3 is 2.67 bits per heavy atom. The summed E-state index contributed by atoms with van der Waals surface area (Å²) in [6.07, 6.45) is 0.885. The average Bonchev–Trinajstić information content (AvgIpc) is 2.62. The Kier molecular flexibility index (Phi) is 6.63. The van der Waals surface area contributed by atoms with Crippen LogP contribution in [0.2, 0.25) is 0 Å². The Balaban J connectivity index is 2.07. The van der Waals surface area contributed by atoms with Crippen molar-refractivity contribution in [2.75, 3.05) is 26.1 Å². The molecule has 2 aromatic carbocycles. The minimum Gasteiger partial charge on any atom is -0.497 e. The van der Waals surface area contributed by atoms with Gasteiger partial charge in [0.1, 0.15) is 5.75 Å². The van der Waals surface area contributed by atoms with Gasteiger partial charge in [-0.15, -0.1) is 0 Å². The third-order valence-corrected chi connectivity index (χ3v) is 3.79. The fraction of sp³-hybridized carbons (Fsp3) is 0.316. The molecule has 5 nitrogen and oxygen atoms in total. The van der Waals surface area contributed by atoms with Crippen LogP contribution in [0, 0.1) is 0 Å². The number of hydrogen-bond donors (Lipinski definition) is 2. The third-order valence-electron chi connectivity index (χ3n) is 3.79. The van der Waals surface area contributed by atoms with Crippen LogP contribution in [0.4, 0.5) is 10.5 Å². The van der Waals surface area contributed by atoms with Gasteiger partial charge in [0.25, 0.3) is 0 Å². The number of hydrogen-bond acceptors (Lipinski definition) is 3. The monoisotopic (exact) mass is 328 g/mol. The molecule has 0 aromatic heterocycles. The predicted molar refractivity (Wildman–Crippen MR) is 96.5 cm³/mol. The van der Waals surface area contributed by atoms with E-state index in [4.69, 9.17) is 9.47 Å². The van der Waals surface area contributed by atoms with Crippen LogP contribution in [0.25, 0.3) is 11.1 Å². The molecule has 0 aliphatic carbocycles. The van der Waals surface area contributed by atoms with Crippen molar-refractivity contribution in [3.63, 3.8) is 0 Å². The zero-order valence-electron chi connectivity index (χ0n) is 14.3. The Bertz CT molecular complexity index is 673. The Hall–Kier alpha value is -2.53. The summed E-state index contributed by atoms with van der Waals surface area (Å²) in [5.41, 5.74) is 2.68. The van der Waals surface area contributed by atoms with Crippen LogP contribution in [0.5, 0.6) is 5.75 Å². The number of carbonyl (C=O) groups excluding carboxylic acids is 1. The first-order chi connectivity index (χ1) is 11.6. The van der Waals surface area contributed by atoms with Gasteiger partial charge in [-0.2, -0.15) is 0 Å². The van der Waals surface area contributed by atoms with E-state index in [1.807, 2.05) is 55.5 Å². The van der Waals surface area contributed by atoms with Gasteiger partial charge < -0.3 is 20.1 Å². The molecule has 2 aromatic rings. The van der Waals surface area contributed by atoms with E-state index in [0.717, 1.165) is 29.0 Å². The molecule has 0 bridgehead atoms. The maximum atomic E-state index is 12.1. The van der Waals surface area contributed by atoms with Crippen LogP contribution >= 0.6 is 0 Å². The second-order valence-corrected chi connectivity index (χ2v) is 5.49. The molecule has 0 fully saturated rings. The van der Waals surface area contributed by atoms with Crippen LogP contribution in [0.3, 0.4) is 0 Å². The number of carbonyl (C=O) groups is 1. The van der Waals surface area contributed by atoms with Crippen LogP contribution < -0.4 is 15.4 Å². The van der Waals surface area contributed by atoms with Crippen molar-refractivity contribution < 1.29 is 14.3 Å². The van der Waals surface area contributed by atoms with E-state index in [1.165, 1.54) is 0 Å². The molecule has 0 aliphatic rings. The van der Waals surface area contributed by atoms with Gasteiger partial charge in [-0.25, -0.2) is 4.79 Å². The molecule has 2 rings (SSSR count). The van der Waals surface area contributed by atoms with Gasteiger partial charge in [-0.1, -0.05) is 30.3 Å². The van der Waals surface area contributed by atoms with E-state index < -0.39 is 0 Å². The minimum absolute atomic E-state index is 0.120. The summed E-state index contributed by atoms with van der Waals surface area (Å²) in [6, 6.07) is 15.2. The summed E-state index contributed by atoms with van der Waals surface area (Å²) in [4.78, 5) is 12.1. The van der Waals surface area contributed by atoms with Crippen molar-refractivity contribution in [2.45, 2.75) is 19.4 Å². The van der Waals surface area contributed by atoms with Crippen LogP contribution in [-0.4, -0.2) is 32.9 Å². The minimum atomic E-state index is -0.228. The van der Waals surface area contributed by atoms with Crippen molar-refractivity contribution in [1.82, 2.24) is 5.32 Å². The summed E-state index contributed by atoms with van der Waals surface area (Å²) < 4.78 is 10.4. The highest BCUT2D eigenvalue weighted by molar-refractivity contribution is 5.94. The second-order valence-electron chi connectivity index (χ2n) is 5.49. The maximum Gasteiger partial charge on any atom is 0.319 e. The fourth-order valence-electron chi connectivity index (χ4n) is 2.31. The number of nitrogens with one attached hydrogen (secondary N) is 2. The average molecular weight is 328 g/mol. The predicted octanol–water partition coefficient (Wildman–Crippen LogP) is 3.91. The molecule has 2 amide bonds. The number of anilines is 1. The molecular formula is C19H24N2O3. The van der Waals surface area contributed by atoms with Crippen LogP contribution in [0.1, 0.15) is 13.3 Å². The van der Waals surface area contributed by atoms with Gasteiger partial charge in [0.05, 0.1) is 18.9 Å². The number of amides is 2. The van der Waals surface area contributed by atoms with E-state index in [9.17, 15) is 4.79 Å². The van der Waals surface area contributed by atoms with Crippen LogP contribution in [-0.2, 0) is 4.74 Å². The summed E-state index contributed by atoms with van der Waals surface area (Å²) in [6.45, 7) is 2.53. The van der Waals surface area contributed by atoms with E-state index in [1.54, 1.807) is 14.2 Å². The first kappa shape index (κ1) is 17.8. The zero-order valence-corrected chi connectivity index (χ0v) is 14.3. The highest BCUT2D eigenvalue weighted by Gasteiger charge is 2.09. The molecular weight excluding hydrogens is 304 g/mol. The molecule has 0 radical (unpaired) electrons. The quantitative estimate of drug-likeness (QED) is 0.810. The molecule has 128 valence electrons. The standard InChI is InChI=1S/C19H24N2O3/c1-14(23-2)11-12-20-19(22)21-18-10-5-4-9-17(18)15-7-6-8-16(13-15)24-3/h4-10,13-14H,11-12H2,1-3H3,(H2,20,21,22)/t14-/m1/s1. The molecule has 0 saturated heterocycles. The molecule has 0 spiro atoms. The Morgan fingerprint density at radius 2 is 1.92 bits per heavy atom. The normalized spacial score (nSPS) is 11.6. The van der Waals surface area contributed by atoms with E-state index in [-0.39, 0.29) is 12.1 Å². The van der Waals surface area contributed by atoms with Crippen molar-refractivity contribution in [3.8, 4) is 16.9 Å². The first-order valence-corrected chi connectivity index (χ1v) is 7.95. The number of rotatable bonds is 7. The number of para-hydroxylation sites is 1. The maximum absolute atomic E-state index is 12.1. The summed E-state index contributed by atoms with van der Waals surface area (Å²) in [5, 5.41) is 5.75. The lowest BCUT2D eigenvalue weighted by atomic mass is 10.0. The van der Waals surface area contributed by atoms with Crippen molar-refractivity contribution in [1.29, 1.82) is 0 Å². The highest BCUT2D eigenvalue weighted by atomic mass is 16.5. The highest BCUT2D eigenvalue weighted by Crippen LogP contribution is 2.30. The molecule has 24 heavy (non-hydrogen) atoms. The lowest BCUT2D eigenvalue weighted by Gasteiger charge is -2.14. The van der Waals surface area contributed by atoms with Crippen molar-refractivity contribution >= 4 is 11.7 Å². The summed E-state index contributed by atoms with van der Waals surface area (Å²) in [5.74, 6) is 0.778. The fourth-order valence-corrected chi connectivity index (χ4v) is 2.31. The van der Waals surface area contributed by atoms with Gasteiger partial charge in [-0.05, 0) is 37.1 Å². The lowest BCUT2D eigenvalue weighted by molar-refractivity contribution is 0.111. The SMILES string of the molecule is COc1cccc(-c2ccccc2NC(=O)NCC[C@@H](C)OC)c1. The third kappa shape index (κ3) is 4.99. The molecule has 0 heterocycles. The van der Waals surface area contributed by atoms with Gasteiger partial charge in [0.15, 0.2) is 0 Å². The van der Waals surface area contributed by atoms with Gasteiger partial charge in [0.2, 0.25) is 0 Å². The Labute approximate surface area is 143 Å². The van der Waals surface area contributed by atoms with E-state index >= 15 is 0 Å². The van der Waals surface area contributed by atoms with Gasteiger partial charge in [-0.3, -0.25) is 0 Å². The molecule has 0 saturated carbocycles. The van der Waals surface area contributed by atoms with E-state index in [2.05, 4.69) is 10.6 Å². The summed E-state index contributed by atoms with van der Waals surface area (Å²) >= 11 is 0. The smallest absolute Gasteiger partial charge is 0.319 e. The zero-order chi connectivity index (χ0) is 17.4. The van der Waals surface area contributed by atoms with Crippen molar-refractivity contribution in [3.05, 3.63) is 48.5 Å². The van der Waals surface area contributed by atoms with Gasteiger partial charge >= 0.3 is 6.03 Å². The molecule has 5 heteroatoms. The second kappa shape index (κ2) is 8.93. The molecule has 0 unspecified atom stereocenters. The molecule has 0 aliphatic heterocycles. The number of methoxy groups -OCH3 is 2. The lowest BCUT2D eigenvalue weighted by Crippen LogP contribution is -2.31. The number of ether oxygens (including phenoxy) is 2. The topological polar surface area (TPSA) is 59.6 Å².